The normalized spacial score (nSPS) is 20.8. The molecule has 2 amide bonds. The smallest absolute Gasteiger partial charge is 0.409 e. The van der Waals surface area contributed by atoms with E-state index in [4.69, 9.17) is 9.47 Å². The van der Waals surface area contributed by atoms with Gasteiger partial charge >= 0.3 is 6.09 Å². The molecule has 10 heteroatoms. The van der Waals surface area contributed by atoms with Crippen LogP contribution >= 0.6 is 24.0 Å². The largest absolute Gasteiger partial charge is 0.453 e. The van der Waals surface area contributed by atoms with Gasteiger partial charge in [-0.3, -0.25) is 4.79 Å². The van der Waals surface area contributed by atoms with Crippen molar-refractivity contribution in [1.29, 1.82) is 0 Å². The third-order valence-corrected chi connectivity index (χ3v) is 4.91. The predicted octanol–water partition coefficient (Wildman–Crippen LogP) is 1.03. The van der Waals surface area contributed by atoms with Gasteiger partial charge < -0.3 is 29.9 Å². The van der Waals surface area contributed by atoms with Crippen molar-refractivity contribution in [2.75, 3.05) is 54.0 Å². The summed E-state index contributed by atoms with van der Waals surface area (Å²) in [6.45, 7) is 2.84. The highest BCUT2D eigenvalue weighted by Gasteiger charge is 2.24. The van der Waals surface area contributed by atoms with Gasteiger partial charge in [-0.05, 0) is 32.1 Å². The molecule has 2 aliphatic heterocycles. The van der Waals surface area contributed by atoms with E-state index in [0.29, 0.717) is 25.6 Å². The average molecular weight is 511 g/mol. The topological polar surface area (TPSA) is 95.5 Å². The Morgan fingerprint density at radius 1 is 1.21 bits per heavy atom. The van der Waals surface area contributed by atoms with Crippen LogP contribution in [0.2, 0.25) is 0 Å². The summed E-state index contributed by atoms with van der Waals surface area (Å²) in [5.74, 6) is 0.571. The highest BCUT2D eigenvalue weighted by Crippen LogP contribution is 2.13. The molecule has 2 saturated heterocycles. The number of halogens is 1. The summed E-state index contributed by atoms with van der Waals surface area (Å²) in [5, 5.41) is 6.72. The maximum absolute atomic E-state index is 11.9. The molecule has 162 valence electrons. The Hall–Kier alpha value is -1.30. The fourth-order valence-electron chi connectivity index (χ4n) is 3.15. The molecule has 0 spiro atoms. The quantitative estimate of drug-likeness (QED) is 0.325. The third-order valence-electron chi connectivity index (χ3n) is 4.91. The van der Waals surface area contributed by atoms with E-state index < -0.39 is 0 Å². The molecule has 0 aromatic heterocycles. The molecule has 1 atom stereocenters. The number of methoxy groups -OCH3 is 1. The van der Waals surface area contributed by atoms with E-state index in [-0.39, 0.29) is 54.7 Å². The molecule has 2 aliphatic rings. The molecule has 0 bridgehead atoms. The van der Waals surface area contributed by atoms with Gasteiger partial charge in [0, 0.05) is 46.4 Å². The van der Waals surface area contributed by atoms with E-state index in [1.54, 1.807) is 19.0 Å². The first-order valence-electron chi connectivity index (χ1n) is 9.69. The Labute approximate surface area is 184 Å². The van der Waals surface area contributed by atoms with Crippen molar-refractivity contribution in [1.82, 2.24) is 20.4 Å². The second-order valence-corrected chi connectivity index (χ2v) is 7.20. The number of carbonyl (C=O) groups excluding carboxylic acids is 2. The molecule has 2 heterocycles. The second-order valence-electron chi connectivity index (χ2n) is 7.20. The molecule has 0 radical (unpaired) electrons. The highest BCUT2D eigenvalue weighted by molar-refractivity contribution is 14.0. The number of likely N-dealkylation sites (N-methyl/N-ethyl adjacent to an activating group) is 1. The lowest BCUT2D eigenvalue weighted by Crippen LogP contribution is -2.51. The van der Waals surface area contributed by atoms with Gasteiger partial charge in [-0.2, -0.15) is 0 Å². The fraction of sp³-hybridized carbons (Fsp3) is 0.833. The van der Waals surface area contributed by atoms with Crippen molar-refractivity contribution in [3.8, 4) is 0 Å². The molecule has 28 heavy (non-hydrogen) atoms. The number of hydrogen-bond donors (Lipinski definition) is 2. The van der Waals surface area contributed by atoms with Gasteiger partial charge in [-0.15, -0.1) is 24.0 Å². The van der Waals surface area contributed by atoms with Gasteiger partial charge in [0.2, 0.25) is 5.91 Å². The van der Waals surface area contributed by atoms with Gasteiger partial charge in [0.1, 0.15) is 6.54 Å². The molecule has 0 aliphatic carbocycles. The summed E-state index contributed by atoms with van der Waals surface area (Å²) < 4.78 is 10.5. The monoisotopic (exact) mass is 511 g/mol. The lowest BCUT2D eigenvalue weighted by Gasteiger charge is -2.32. The Kier molecular flexibility index (Phi) is 11.5. The number of likely N-dealkylation sites (tertiary alicyclic amines) is 1. The first-order chi connectivity index (χ1) is 13.0. The van der Waals surface area contributed by atoms with Crippen LogP contribution in [0.15, 0.2) is 4.99 Å². The SMILES string of the molecule is COC(=O)N1CCC(NC(=NCC(=O)N(C)C)NCC2CCCCO2)CC1.I. The van der Waals surface area contributed by atoms with E-state index in [1.807, 2.05) is 0 Å². The summed E-state index contributed by atoms with van der Waals surface area (Å²) in [5.41, 5.74) is 0. The molecule has 0 saturated carbocycles. The van der Waals surface area contributed by atoms with Crippen LogP contribution in [-0.4, -0.2) is 93.9 Å². The molecule has 1 unspecified atom stereocenters. The Morgan fingerprint density at radius 3 is 2.50 bits per heavy atom. The molecule has 0 aromatic rings. The van der Waals surface area contributed by atoms with Crippen molar-refractivity contribution in [2.24, 2.45) is 4.99 Å². The average Bonchev–Trinajstić information content (AvgIpc) is 2.70. The van der Waals surface area contributed by atoms with E-state index in [2.05, 4.69) is 15.6 Å². The minimum atomic E-state index is -0.286. The van der Waals surface area contributed by atoms with E-state index in [9.17, 15) is 9.59 Å². The van der Waals surface area contributed by atoms with Crippen molar-refractivity contribution < 1.29 is 19.1 Å². The van der Waals surface area contributed by atoms with Gasteiger partial charge in [0.25, 0.3) is 0 Å². The molecule has 9 nitrogen and oxygen atoms in total. The van der Waals surface area contributed by atoms with E-state index >= 15 is 0 Å². The van der Waals surface area contributed by atoms with Gasteiger partial charge in [-0.1, -0.05) is 0 Å². The molecule has 2 fully saturated rings. The summed E-state index contributed by atoms with van der Waals surface area (Å²) in [7, 11) is 4.84. The zero-order chi connectivity index (χ0) is 19.6. The van der Waals surface area contributed by atoms with Gasteiger partial charge in [0.05, 0.1) is 13.2 Å². The van der Waals surface area contributed by atoms with Crippen LogP contribution in [-0.2, 0) is 14.3 Å². The van der Waals surface area contributed by atoms with Crippen molar-refractivity contribution in [3.63, 3.8) is 0 Å². The Bertz CT molecular complexity index is 518. The first-order valence-corrected chi connectivity index (χ1v) is 9.69. The zero-order valence-corrected chi connectivity index (χ0v) is 19.4. The van der Waals surface area contributed by atoms with Gasteiger partial charge in [-0.25, -0.2) is 9.79 Å². The fourth-order valence-corrected chi connectivity index (χ4v) is 3.15. The number of carbonyl (C=O) groups is 2. The summed E-state index contributed by atoms with van der Waals surface area (Å²) >= 11 is 0. The van der Waals surface area contributed by atoms with E-state index in [0.717, 1.165) is 32.3 Å². The standard InChI is InChI=1S/C18H33N5O4.HI/c1-22(2)16(24)13-20-17(19-12-15-6-4-5-11-27-15)21-14-7-9-23(10-8-14)18(25)26-3;/h14-15H,4-13H2,1-3H3,(H2,19,20,21);1H. The van der Waals surface area contributed by atoms with Crippen LogP contribution in [0.5, 0.6) is 0 Å². The number of amides is 2. The van der Waals surface area contributed by atoms with Crippen LogP contribution in [0.4, 0.5) is 4.79 Å². The molecule has 0 aromatic carbocycles. The number of ether oxygens (including phenoxy) is 2. The van der Waals surface area contributed by atoms with Crippen LogP contribution < -0.4 is 10.6 Å². The predicted molar refractivity (Wildman–Crippen MR) is 118 cm³/mol. The van der Waals surface area contributed by atoms with Crippen molar-refractivity contribution in [3.05, 3.63) is 0 Å². The van der Waals surface area contributed by atoms with Crippen LogP contribution in [0.25, 0.3) is 0 Å². The number of guanidine groups is 1. The number of aliphatic imine (C=N–C) groups is 1. The molecular formula is C18H34IN5O4. The number of hydrogen-bond acceptors (Lipinski definition) is 5. The zero-order valence-electron chi connectivity index (χ0n) is 17.1. The lowest BCUT2D eigenvalue weighted by molar-refractivity contribution is -0.127. The van der Waals surface area contributed by atoms with Crippen LogP contribution in [0, 0.1) is 0 Å². The third kappa shape index (κ3) is 8.38. The number of piperidine rings is 1. The Morgan fingerprint density at radius 2 is 1.93 bits per heavy atom. The molecule has 2 rings (SSSR count). The maximum Gasteiger partial charge on any atom is 0.409 e. The number of nitrogens with zero attached hydrogens (tertiary/aromatic N) is 3. The Balaban J connectivity index is 0.00000392. The summed E-state index contributed by atoms with van der Waals surface area (Å²) in [4.78, 5) is 31.1. The lowest BCUT2D eigenvalue weighted by atomic mass is 10.1. The summed E-state index contributed by atoms with van der Waals surface area (Å²) in [6, 6.07) is 0.193. The minimum absolute atomic E-state index is 0. The second kappa shape index (κ2) is 13.0. The maximum atomic E-state index is 11.9. The van der Waals surface area contributed by atoms with E-state index in [1.165, 1.54) is 18.4 Å². The summed E-state index contributed by atoms with van der Waals surface area (Å²) in [6.07, 6.45) is 4.83. The first kappa shape index (κ1) is 24.7. The number of nitrogens with one attached hydrogen (secondary N) is 2. The van der Waals surface area contributed by atoms with Crippen LogP contribution in [0.3, 0.4) is 0 Å². The molecular weight excluding hydrogens is 477 g/mol. The van der Waals surface area contributed by atoms with Crippen molar-refractivity contribution in [2.45, 2.75) is 44.2 Å². The van der Waals surface area contributed by atoms with Crippen LogP contribution in [0.1, 0.15) is 32.1 Å². The van der Waals surface area contributed by atoms with Gasteiger partial charge in [0.15, 0.2) is 5.96 Å². The van der Waals surface area contributed by atoms with Crippen molar-refractivity contribution >= 4 is 41.9 Å². The minimum Gasteiger partial charge on any atom is -0.453 e. The molecule has 2 N–H and O–H groups in total. The number of rotatable bonds is 5. The highest BCUT2D eigenvalue weighted by atomic mass is 127.